The third kappa shape index (κ3) is 6.69. The van der Waals surface area contributed by atoms with Crippen LogP contribution in [0.15, 0.2) is 24.3 Å². The van der Waals surface area contributed by atoms with Crippen molar-refractivity contribution in [1.29, 1.82) is 0 Å². The minimum atomic E-state index is -3.24. The Morgan fingerprint density at radius 2 is 1.56 bits per heavy atom. The summed E-state index contributed by atoms with van der Waals surface area (Å²) in [6, 6.07) is 6.98. The number of benzene rings is 1. The van der Waals surface area contributed by atoms with Crippen molar-refractivity contribution in [1.82, 2.24) is 0 Å². The second-order valence-corrected chi connectivity index (χ2v) is 8.33. The molecule has 1 aromatic rings. The van der Waals surface area contributed by atoms with Crippen LogP contribution >= 0.6 is 0 Å². The maximum absolute atomic E-state index is 13.8. The zero-order chi connectivity index (χ0) is 19.7. The molecule has 0 amide bonds. The summed E-state index contributed by atoms with van der Waals surface area (Å²) in [6.07, 6.45) is 12.9. The van der Waals surface area contributed by atoms with Crippen molar-refractivity contribution in [3.63, 3.8) is 0 Å². The Balaban J connectivity index is 1.80. The summed E-state index contributed by atoms with van der Waals surface area (Å²) in [4.78, 5) is 12.0. The minimum absolute atomic E-state index is 0.137. The zero-order valence-electron chi connectivity index (χ0n) is 17.1. The Bertz CT molecular complexity index is 556. The Labute approximate surface area is 163 Å². The summed E-state index contributed by atoms with van der Waals surface area (Å²) < 4.78 is 27.6. The van der Waals surface area contributed by atoms with Gasteiger partial charge in [-0.2, -0.15) is 8.78 Å². The Kier molecular flexibility index (Phi) is 8.92. The van der Waals surface area contributed by atoms with Crippen LogP contribution in [0.5, 0.6) is 0 Å². The van der Waals surface area contributed by atoms with E-state index in [1.807, 2.05) is 12.1 Å². The highest BCUT2D eigenvalue weighted by Crippen LogP contribution is 2.38. The number of hydrogen-bond donors (Lipinski definition) is 0. The van der Waals surface area contributed by atoms with E-state index in [1.165, 1.54) is 69.8 Å². The molecular formula is C24H36F2O. The number of ketones is 1. The lowest BCUT2D eigenvalue weighted by Gasteiger charge is -2.29. The molecule has 0 unspecified atom stereocenters. The molecule has 1 nitrogen and oxygen atoms in total. The largest absolute Gasteiger partial charge is 0.309 e. The van der Waals surface area contributed by atoms with Gasteiger partial charge in [-0.1, -0.05) is 76.6 Å². The van der Waals surface area contributed by atoms with Crippen molar-refractivity contribution in [3.8, 4) is 0 Å². The highest BCUT2D eigenvalue weighted by molar-refractivity contribution is 6.01. The average molecular weight is 379 g/mol. The van der Waals surface area contributed by atoms with Crippen molar-refractivity contribution in [2.75, 3.05) is 0 Å². The lowest BCUT2D eigenvalue weighted by atomic mass is 9.77. The second kappa shape index (κ2) is 10.9. The van der Waals surface area contributed by atoms with E-state index in [4.69, 9.17) is 0 Å². The first kappa shape index (κ1) is 22.0. The van der Waals surface area contributed by atoms with E-state index < -0.39 is 11.7 Å². The first-order chi connectivity index (χ1) is 13.0. The van der Waals surface area contributed by atoms with Crippen LogP contribution in [0.25, 0.3) is 0 Å². The standard InChI is InChI=1S/C24H36F2O/c1-3-5-6-7-8-9-19-10-12-20(13-11-19)21-14-16-22(17-15-21)23(27)24(25,26)18-4-2/h14-17,19-20H,3-13,18H2,1-2H3/t19-,20-. The van der Waals surface area contributed by atoms with Gasteiger partial charge in [0.25, 0.3) is 0 Å². The number of rotatable bonds is 11. The molecule has 3 heteroatoms. The van der Waals surface area contributed by atoms with Gasteiger partial charge in [-0.3, -0.25) is 4.79 Å². The number of carbonyl (C=O) groups is 1. The van der Waals surface area contributed by atoms with Crippen molar-refractivity contribution < 1.29 is 13.6 Å². The fraction of sp³-hybridized carbons (Fsp3) is 0.708. The average Bonchev–Trinajstić information content (AvgIpc) is 2.68. The molecule has 1 aromatic carbocycles. The van der Waals surface area contributed by atoms with Crippen LogP contribution in [0, 0.1) is 5.92 Å². The number of Topliss-reactive ketones (excluding diaryl/α,β-unsaturated/α-hetero) is 1. The molecule has 0 bridgehead atoms. The third-order valence-corrected chi connectivity index (χ3v) is 6.10. The molecule has 152 valence electrons. The molecule has 0 heterocycles. The van der Waals surface area contributed by atoms with Gasteiger partial charge in [-0.25, -0.2) is 0 Å². The quantitative estimate of drug-likeness (QED) is 0.282. The van der Waals surface area contributed by atoms with Gasteiger partial charge in [0.1, 0.15) is 0 Å². The summed E-state index contributed by atoms with van der Waals surface area (Å²) in [5, 5.41) is 0. The van der Waals surface area contributed by atoms with Crippen LogP contribution in [0.1, 0.15) is 113 Å². The molecule has 1 saturated carbocycles. The molecule has 1 fully saturated rings. The predicted molar refractivity (Wildman–Crippen MR) is 109 cm³/mol. The topological polar surface area (TPSA) is 17.1 Å². The molecule has 27 heavy (non-hydrogen) atoms. The van der Waals surface area contributed by atoms with E-state index in [2.05, 4.69) is 6.92 Å². The van der Waals surface area contributed by atoms with Gasteiger partial charge in [0.05, 0.1) is 0 Å². The van der Waals surface area contributed by atoms with Gasteiger partial charge >= 0.3 is 5.92 Å². The fourth-order valence-electron chi connectivity index (χ4n) is 4.37. The van der Waals surface area contributed by atoms with Gasteiger partial charge in [0.2, 0.25) is 5.78 Å². The van der Waals surface area contributed by atoms with Gasteiger partial charge in [0.15, 0.2) is 0 Å². The summed E-state index contributed by atoms with van der Waals surface area (Å²) in [5.74, 6) is -2.91. The number of halogens is 2. The van der Waals surface area contributed by atoms with E-state index >= 15 is 0 Å². The molecular weight excluding hydrogens is 342 g/mol. The van der Waals surface area contributed by atoms with E-state index in [9.17, 15) is 13.6 Å². The van der Waals surface area contributed by atoms with E-state index in [1.54, 1.807) is 19.1 Å². The minimum Gasteiger partial charge on any atom is -0.287 e. The monoisotopic (exact) mass is 378 g/mol. The number of hydrogen-bond acceptors (Lipinski definition) is 1. The van der Waals surface area contributed by atoms with Crippen molar-refractivity contribution in [2.45, 2.75) is 103 Å². The summed E-state index contributed by atoms with van der Waals surface area (Å²) in [7, 11) is 0. The Morgan fingerprint density at radius 1 is 0.926 bits per heavy atom. The normalized spacial score (nSPS) is 20.6. The predicted octanol–water partition coefficient (Wildman–Crippen LogP) is 7.94. The van der Waals surface area contributed by atoms with Crippen molar-refractivity contribution in [3.05, 3.63) is 35.4 Å². The van der Waals surface area contributed by atoms with Gasteiger partial charge in [-0.15, -0.1) is 0 Å². The molecule has 1 aliphatic rings. The fourth-order valence-corrected chi connectivity index (χ4v) is 4.37. The molecule has 2 rings (SSSR count). The summed E-state index contributed by atoms with van der Waals surface area (Å²) in [5.41, 5.74) is 1.34. The first-order valence-electron chi connectivity index (χ1n) is 11.0. The summed E-state index contributed by atoms with van der Waals surface area (Å²) in [6.45, 7) is 3.92. The van der Waals surface area contributed by atoms with Crippen LogP contribution in [0.2, 0.25) is 0 Å². The first-order valence-corrected chi connectivity index (χ1v) is 11.0. The van der Waals surface area contributed by atoms with Gasteiger partial charge in [-0.05, 0) is 49.5 Å². The lowest BCUT2D eigenvalue weighted by Crippen LogP contribution is -2.28. The smallest absolute Gasteiger partial charge is 0.287 e. The van der Waals surface area contributed by atoms with Crippen LogP contribution < -0.4 is 0 Å². The van der Waals surface area contributed by atoms with Crippen molar-refractivity contribution >= 4 is 5.78 Å². The van der Waals surface area contributed by atoms with Crippen LogP contribution in [0.4, 0.5) is 8.78 Å². The molecule has 0 aromatic heterocycles. The molecule has 0 aliphatic heterocycles. The highest BCUT2D eigenvalue weighted by Gasteiger charge is 2.38. The summed E-state index contributed by atoms with van der Waals surface area (Å²) >= 11 is 0. The van der Waals surface area contributed by atoms with E-state index in [-0.39, 0.29) is 12.0 Å². The maximum atomic E-state index is 13.8. The van der Waals surface area contributed by atoms with E-state index in [0.717, 1.165) is 5.92 Å². The number of carbonyl (C=O) groups excluding carboxylic acids is 1. The third-order valence-electron chi connectivity index (χ3n) is 6.10. The molecule has 0 radical (unpaired) electrons. The Hall–Kier alpha value is -1.25. The number of unbranched alkanes of at least 4 members (excludes halogenated alkanes) is 4. The van der Waals surface area contributed by atoms with Crippen LogP contribution in [0.3, 0.4) is 0 Å². The van der Waals surface area contributed by atoms with E-state index in [0.29, 0.717) is 12.3 Å². The SMILES string of the molecule is CCCCCCC[C@H]1CC[C@H](c2ccc(C(=O)C(F)(F)CCC)cc2)CC1. The maximum Gasteiger partial charge on any atom is 0.309 e. The van der Waals surface area contributed by atoms with Gasteiger partial charge < -0.3 is 0 Å². The second-order valence-electron chi connectivity index (χ2n) is 8.33. The molecule has 0 saturated heterocycles. The molecule has 0 N–H and O–H groups in total. The lowest BCUT2D eigenvalue weighted by molar-refractivity contribution is 0.00453. The van der Waals surface area contributed by atoms with Crippen LogP contribution in [-0.2, 0) is 0 Å². The molecule has 0 spiro atoms. The van der Waals surface area contributed by atoms with Crippen molar-refractivity contribution in [2.24, 2.45) is 5.92 Å². The van der Waals surface area contributed by atoms with Crippen LogP contribution in [-0.4, -0.2) is 11.7 Å². The highest BCUT2D eigenvalue weighted by atomic mass is 19.3. The zero-order valence-corrected chi connectivity index (χ0v) is 17.1. The Morgan fingerprint density at radius 3 is 2.15 bits per heavy atom. The number of alkyl halides is 2. The van der Waals surface area contributed by atoms with Gasteiger partial charge in [0, 0.05) is 12.0 Å². The molecule has 1 aliphatic carbocycles. The molecule has 0 atom stereocenters.